The Morgan fingerprint density at radius 2 is 2.23 bits per heavy atom. The van der Waals surface area contributed by atoms with Gasteiger partial charge in [0.15, 0.2) is 0 Å². The van der Waals surface area contributed by atoms with Gasteiger partial charge in [0.25, 0.3) is 0 Å². The normalized spacial score (nSPS) is 9.38. The molecule has 0 radical (unpaired) electrons. The van der Waals surface area contributed by atoms with Crippen molar-refractivity contribution in [1.82, 2.24) is 0 Å². The van der Waals surface area contributed by atoms with Crippen LogP contribution in [0.2, 0.25) is 0 Å². The molecule has 0 saturated carbocycles. The summed E-state index contributed by atoms with van der Waals surface area (Å²) < 4.78 is 5.06. The molecular formula is C9H12N2O2. The average Bonchev–Trinajstić information content (AvgIpc) is 2.07. The number of carbonyl (C=O) groups is 1. The van der Waals surface area contributed by atoms with Crippen molar-refractivity contribution in [3.63, 3.8) is 0 Å². The van der Waals surface area contributed by atoms with Crippen molar-refractivity contribution in [1.29, 1.82) is 0 Å². The highest BCUT2D eigenvalue weighted by Crippen LogP contribution is 2.24. The molecule has 0 unspecified atom stereocenters. The summed E-state index contributed by atoms with van der Waals surface area (Å²) in [6, 6.07) is 4.85. The molecule has 0 spiro atoms. The summed E-state index contributed by atoms with van der Waals surface area (Å²) >= 11 is 0. The van der Waals surface area contributed by atoms with E-state index < -0.39 is 6.03 Å². The van der Waals surface area contributed by atoms with Crippen LogP contribution < -0.4 is 15.8 Å². The van der Waals surface area contributed by atoms with Gasteiger partial charge >= 0.3 is 6.03 Å². The highest BCUT2D eigenvalue weighted by Gasteiger charge is 2.03. The molecule has 4 heteroatoms. The van der Waals surface area contributed by atoms with Crippen LogP contribution in [0.3, 0.4) is 0 Å². The van der Waals surface area contributed by atoms with Crippen LogP contribution in [-0.2, 0) is 0 Å². The van der Waals surface area contributed by atoms with E-state index in [4.69, 9.17) is 10.5 Å². The fourth-order valence-corrected chi connectivity index (χ4v) is 1.03. The summed E-state index contributed by atoms with van der Waals surface area (Å²) in [5.74, 6) is 0.610. The zero-order valence-corrected chi connectivity index (χ0v) is 7.63. The molecule has 0 heterocycles. The lowest BCUT2D eigenvalue weighted by atomic mass is 10.2. The maximum Gasteiger partial charge on any atom is 0.316 e. The predicted molar refractivity (Wildman–Crippen MR) is 50.9 cm³/mol. The minimum Gasteiger partial charge on any atom is -0.495 e. The maximum absolute atomic E-state index is 10.6. The van der Waals surface area contributed by atoms with E-state index in [0.717, 1.165) is 5.56 Å². The Balaban J connectivity index is 2.99. The smallest absolute Gasteiger partial charge is 0.316 e. The van der Waals surface area contributed by atoms with E-state index in [1.54, 1.807) is 13.2 Å². The summed E-state index contributed by atoms with van der Waals surface area (Å²) in [6.07, 6.45) is 0. The Morgan fingerprint density at radius 3 is 2.77 bits per heavy atom. The van der Waals surface area contributed by atoms with Gasteiger partial charge in [0.05, 0.1) is 12.8 Å². The van der Waals surface area contributed by atoms with Crippen molar-refractivity contribution in [2.45, 2.75) is 6.92 Å². The van der Waals surface area contributed by atoms with Crippen LogP contribution in [0, 0.1) is 6.92 Å². The summed E-state index contributed by atoms with van der Waals surface area (Å²) in [5, 5.41) is 2.47. The first-order valence-corrected chi connectivity index (χ1v) is 3.84. The molecule has 4 nitrogen and oxygen atoms in total. The van der Waals surface area contributed by atoms with Gasteiger partial charge in [-0.1, -0.05) is 6.07 Å². The second-order valence-electron chi connectivity index (χ2n) is 2.69. The Hall–Kier alpha value is -1.71. The molecule has 0 bridgehead atoms. The molecule has 13 heavy (non-hydrogen) atoms. The zero-order chi connectivity index (χ0) is 9.84. The lowest BCUT2D eigenvalue weighted by Crippen LogP contribution is -2.19. The number of primary amides is 1. The maximum atomic E-state index is 10.6. The van der Waals surface area contributed by atoms with E-state index in [9.17, 15) is 4.79 Å². The Labute approximate surface area is 76.7 Å². The molecule has 0 atom stereocenters. The van der Waals surface area contributed by atoms with E-state index in [1.807, 2.05) is 19.1 Å². The van der Waals surface area contributed by atoms with Gasteiger partial charge in [0, 0.05) is 0 Å². The van der Waals surface area contributed by atoms with E-state index >= 15 is 0 Å². The molecule has 0 aliphatic carbocycles. The molecule has 0 aromatic heterocycles. The van der Waals surface area contributed by atoms with Gasteiger partial charge in [-0.15, -0.1) is 0 Å². The standard InChI is InChI=1S/C9H12N2O2/c1-6-3-4-7(11-9(10)12)8(5-6)13-2/h3-5H,1-2H3,(H3,10,11,12). The van der Waals surface area contributed by atoms with Crippen LogP contribution in [-0.4, -0.2) is 13.1 Å². The Kier molecular flexibility index (Phi) is 2.74. The topological polar surface area (TPSA) is 64.3 Å². The molecule has 0 saturated heterocycles. The number of hydrogen-bond acceptors (Lipinski definition) is 2. The van der Waals surface area contributed by atoms with E-state index in [-0.39, 0.29) is 0 Å². The fraction of sp³-hybridized carbons (Fsp3) is 0.222. The SMILES string of the molecule is COc1cc(C)ccc1NC(N)=O. The van der Waals surface area contributed by atoms with Crippen LogP contribution in [0.15, 0.2) is 18.2 Å². The minimum atomic E-state index is -0.595. The molecule has 0 aliphatic heterocycles. The number of rotatable bonds is 2. The number of hydrogen-bond donors (Lipinski definition) is 2. The molecule has 1 aromatic carbocycles. The fourth-order valence-electron chi connectivity index (χ4n) is 1.03. The monoisotopic (exact) mass is 180 g/mol. The first kappa shape index (κ1) is 9.38. The quantitative estimate of drug-likeness (QED) is 0.724. The predicted octanol–water partition coefficient (Wildman–Crippen LogP) is 1.49. The molecular weight excluding hydrogens is 168 g/mol. The van der Waals surface area contributed by atoms with Crippen molar-refractivity contribution < 1.29 is 9.53 Å². The third kappa shape index (κ3) is 2.37. The van der Waals surface area contributed by atoms with Crippen LogP contribution in [0.5, 0.6) is 5.75 Å². The lowest BCUT2D eigenvalue weighted by molar-refractivity contribution is 0.259. The summed E-state index contributed by atoms with van der Waals surface area (Å²) in [4.78, 5) is 10.6. The largest absolute Gasteiger partial charge is 0.495 e. The van der Waals surface area contributed by atoms with Crippen molar-refractivity contribution >= 4 is 11.7 Å². The number of urea groups is 1. The first-order chi connectivity index (χ1) is 6.13. The number of methoxy groups -OCH3 is 1. The van der Waals surface area contributed by atoms with Gasteiger partial charge in [0.2, 0.25) is 0 Å². The molecule has 70 valence electrons. The van der Waals surface area contributed by atoms with Crippen molar-refractivity contribution in [3.05, 3.63) is 23.8 Å². The van der Waals surface area contributed by atoms with Crippen molar-refractivity contribution in [2.75, 3.05) is 12.4 Å². The van der Waals surface area contributed by atoms with Gasteiger partial charge < -0.3 is 15.8 Å². The van der Waals surface area contributed by atoms with Gasteiger partial charge in [-0.2, -0.15) is 0 Å². The summed E-state index contributed by atoms with van der Waals surface area (Å²) in [6.45, 7) is 1.94. The molecule has 1 aromatic rings. The number of nitrogens with one attached hydrogen (secondary N) is 1. The van der Waals surface area contributed by atoms with Gasteiger partial charge in [-0.25, -0.2) is 4.79 Å². The third-order valence-electron chi connectivity index (χ3n) is 1.61. The van der Waals surface area contributed by atoms with E-state index in [2.05, 4.69) is 5.32 Å². The van der Waals surface area contributed by atoms with Gasteiger partial charge in [-0.3, -0.25) is 0 Å². The summed E-state index contributed by atoms with van der Waals surface area (Å²) in [5.41, 5.74) is 6.63. The number of anilines is 1. The van der Waals surface area contributed by atoms with Crippen LogP contribution in [0.1, 0.15) is 5.56 Å². The second kappa shape index (κ2) is 3.80. The van der Waals surface area contributed by atoms with Gasteiger partial charge in [0.1, 0.15) is 5.75 Å². The molecule has 0 aliphatic rings. The van der Waals surface area contributed by atoms with Crippen molar-refractivity contribution in [3.8, 4) is 5.75 Å². The van der Waals surface area contributed by atoms with Crippen LogP contribution in [0.4, 0.5) is 10.5 Å². The van der Waals surface area contributed by atoms with E-state index in [0.29, 0.717) is 11.4 Å². The highest BCUT2D eigenvalue weighted by molar-refractivity contribution is 5.89. The van der Waals surface area contributed by atoms with E-state index in [1.165, 1.54) is 0 Å². The molecule has 1 rings (SSSR count). The number of ether oxygens (including phenoxy) is 1. The molecule has 3 N–H and O–H groups in total. The molecule has 2 amide bonds. The number of benzene rings is 1. The highest BCUT2D eigenvalue weighted by atomic mass is 16.5. The molecule has 0 fully saturated rings. The average molecular weight is 180 g/mol. The van der Waals surface area contributed by atoms with Crippen LogP contribution in [0.25, 0.3) is 0 Å². The lowest BCUT2D eigenvalue weighted by Gasteiger charge is -2.08. The number of carbonyl (C=O) groups excluding carboxylic acids is 1. The summed E-state index contributed by atoms with van der Waals surface area (Å²) in [7, 11) is 1.54. The Morgan fingerprint density at radius 1 is 1.54 bits per heavy atom. The van der Waals surface area contributed by atoms with Crippen molar-refractivity contribution in [2.24, 2.45) is 5.73 Å². The second-order valence-corrected chi connectivity index (χ2v) is 2.69. The van der Waals surface area contributed by atoms with Crippen LogP contribution >= 0.6 is 0 Å². The zero-order valence-electron chi connectivity index (χ0n) is 7.63. The number of nitrogens with two attached hydrogens (primary N) is 1. The third-order valence-corrected chi connectivity index (χ3v) is 1.61. The Bertz CT molecular complexity index is 323. The number of amides is 2. The van der Waals surface area contributed by atoms with Gasteiger partial charge in [-0.05, 0) is 24.6 Å². The first-order valence-electron chi connectivity index (χ1n) is 3.84. The minimum absolute atomic E-state index is 0.584. The number of aryl methyl sites for hydroxylation is 1.